The van der Waals surface area contributed by atoms with Crippen LogP contribution >= 0.6 is 0 Å². The second kappa shape index (κ2) is 7.39. The summed E-state index contributed by atoms with van der Waals surface area (Å²) in [7, 11) is 0. The molecule has 0 fully saturated rings. The molecule has 2 N–H and O–H groups in total. The Balaban J connectivity index is 1.68. The maximum Gasteiger partial charge on any atom is 0.228 e. The van der Waals surface area contributed by atoms with E-state index in [4.69, 9.17) is 0 Å². The fourth-order valence-corrected chi connectivity index (χ4v) is 2.40. The van der Waals surface area contributed by atoms with Crippen LogP contribution in [0.15, 0.2) is 61.2 Å². The number of para-hydroxylation sites is 2. The van der Waals surface area contributed by atoms with E-state index in [1.54, 1.807) is 23.1 Å². The van der Waals surface area contributed by atoms with Gasteiger partial charge in [0.1, 0.15) is 12.7 Å². The van der Waals surface area contributed by atoms with Crippen LogP contribution in [-0.4, -0.2) is 26.6 Å². The first kappa shape index (κ1) is 16.4. The number of aromatic nitrogens is 3. The van der Waals surface area contributed by atoms with Crippen molar-refractivity contribution in [3.8, 4) is 5.69 Å². The van der Waals surface area contributed by atoms with Gasteiger partial charge in [0.2, 0.25) is 11.8 Å². The Hall–Kier alpha value is -3.48. The van der Waals surface area contributed by atoms with Gasteiger partial charge < -0.3 is 10.6 Å². The molecular weight excluding hydrogens is 318 g/mol. The smallest absolute Gasteiger partial charge is 0.228 e. The van der Waals surface area contributed by atoms with E-state index in [0.29, 0.717) is 11.4 Å². The molecule has 1 heterocycles. The van der Waals surface area contributed by atoms with Crippen molar-refractivity contribution in [3.05, 3.63) is 66.7 Å². The molecule has 0 aliphatic carbocycles. The SMILES string of the molecule is CC(=O)Nc1ccc(CC(=O)Nc2ccccc2-n2cncn2)cc1. The van der Waals surface area contributed by atoms with E-state index in [1.165, 1.54) is 13.3 Å². The Bertz CT molecular complexity index is 873. The summed E-state index contributed by atoms with van der Waals surface area (Å²) < 4.78 is 1.60. The summed E-state index contributed by atoms with van der Waals surface area (Å²) in [6.45, 7) is 1.45. The third-order valence-corrected chi connectivity index (χ3v) is 3.48. The Morgan fingerprint density at radius 3 is 2.48 bits per heavy atom. The fraction of sp³-hybridized carbons (Fsp3) is 0.111. The molecule has 7 nitrogen and oxygen atoms in total. The number of benzene rings is 2. The number of hydrogen-bond donors (Lipinski definition) is 2. The normalized spacial score (nSPS) is 10.3. The zero-order valence-electron chi connectivity index (χ0n) is 13.6. The van der Waals surface area contributed by atoms with E-state index in [0.717, 1.165) is 11.3 Å². The number of anilines is 2. The summed E-state index contributed by atoms with van der Waals surface area (Å²) in [6, 6.07) is 14.6. The molecule has 0 bridgehead atoms. The zero-order chi connectivity index (χ0) is 17.6. The zero-order valence-corrected chi connectivity index (χ0v) is 13.6. The molecule has 0 aliphatic rings. The van der Waals surface area contributed by atoms with Gasteiger partial charge in [-0.1, -0.05) is 24.3 Å². The van der Waals surface area contributed by atoms with E-state index in [9.17, 15) is 9.59 Å². The van der Waals surface area contributed by atoms with E-state index < -0.39 is 0 Å². The van der Waals surface area contributed by atoms with E-state index in [1.807, 2.05) is 36.4 Å². The first-order valence-corrected chi connectivity index (χ1v) is 7.72. The van der Waals surface area contributed by atoms with Crippen LogP contribution in [0, 0.1) is 0 Å². The van der Waals surface area contributed by atoms with Crippen LogP contribution in [0.5, 0.6) is 0 Å². The Labute approximate surface area is 144 Å². The average molecular weight is 335 g/mol. The molecule has 3 aromatic rings. The van der Waals surface area contributed by atoms with Crippen molar-refractivity contribution in [1.82, 2.24) is 14.8 Å². The molecule has 7 heteroatoms. The Morgan fingerprint density at radius 1 is 1.04 bits per heavy atom. The highest BCUT2D eigenvalue weighted by Crippen LogP contribution is 2.19. The highest BCUT2D eigenvalue weighted by atomic mass is 16.2. The summed E-state index contributed by atoms with van der Waals surface area (Å²) >= 11 is 0. The lowest BCUT2D eigenvalue weighted by molar-refractivity contribution is -0.116. The molecule has 0 saturated carbocycles. The van der Waals surface area contributed by atoms with Crippen LogP contribution in [-0.2, 0) is 16.0 Å². The van der Waals surface area contributed by atoms with Crippen molar-refractivity contribution in [2.24, 2.45) is 0 Å². The lowest BCUT2D eigenvalue weighted by atomic mass is 10.1. The first-order valence-electron chi connectivity index (χ1n) is 7.72. The first-order chi connectivity index (χ1) is 12.1. The van der Waals surface area contributed by atoms with Crippen molar-refractivity contribution < 1.29 is 9.59 Å². The number of rotatable bonds is 5. The van der Waals surface area contributed by atoms with Gasteiger partial charge in [-0.05, 0) is 29.8 Å². The van der Waals surface area contributed by atoms with Crippen molar-refractivity contribution in [2.75, 3.05) is 10.6 Å². The largest absolute Gasteiger partial charge is 0.326 e. The quantitative estimate of drug-likeness (QED) is 0.749. The summed E-state index contributed by atoms with van der Waals surface area (Å²) in [4.78, 5) is 27.3. The van der Waals surface area contributed by atoms with Crippen molar-refractivity contribution >= 4 is 23.2 Å². The topological polar surface area (TPSA) is 88.9 Å². The molecule has 25 heavy (non-hydrogen) atoms. The van der Waals surface area contributed by atoms with Gasteiger partial charge >= 0.3 is 0 Å². The Morgan fingerprint density at radius 2 is 1.80 bits per heavy atom. The van der Waals surface area contributed by atoms with Gasteiger partial charge in [-0.15, -0.1) is 0 Å². The van der Waals surface area contributed by atoms with E-state index in [-0.39, 0.29) is 18.2 Å². The summed E-state index contributed by atoms with van der Waals surface area (Å²) in [5, 5.41) is 9.68. The number of hydrogen-bond acceptors (Lipinski definition) is 4. The molecule has 0 radical (unpaired) electrons. The van der Waals surface area contributed by atoms with E-state index >= 15 is 0 Å². The number of carbonyl (C=O) groups excluding carboxylic acids is 2. The highest BCUT2D eigenvalue weighted by Gasteiger charge is 2.09. The number of amides is 2. The minimum atomic E-state index is -0.139. The average Bonchev–Trinajstić information content (AvgIpc) is 3.11. The second-order valence-corrected chi connectivity index (χ2v) is 5.46. The predicted molar refractivity (Wildman–Crippen MR) is 94.4 cm³/mol. The molecule has 1 aromatic heterocycles. The molecule has 2 amide bonds. The summed E-state index contributed by atoms with van der Waals surface area (Å²) in [5.74, 6) is -0.268. The van der Waals surface area contributed by atoms with Gasteiger partial charge in [0.15, 0.2) is 0 Å². The van der Waals surface area contributed by atoms with Crippen LogP contribution in [0.25, 0.3) is 5.69 Å². The molecule has 126 valence electrons. The van der Waals surface area contributed by atoms with Gasteiger partial charge in [-0.3, -0.25) is 9.59 Å². The van der Waals surface area contributed by atoms with Crippen LogP contribution < -0.4 is 10.6 Å². The third-order valence-electron chi connectivity index (χ3n) is 3.48. The molecule has 0 unspecified atom stereocenters. The predicted octanol–water partition coefficient (Wildman–Crippen LogP) is 2.41. The Kier molecular flexibility index (Phi) is 4.84. The van der Waals surface area contributed by atoms with Gasteiger partial charge in [-0.2, -0.15) is 5.10 Å². The van der Waals surface area contributed by atoms with Gasteiger partial charge in [0, 0.05) is 12.6 Å². The minimum absolute atomic E-state index is 0.129. The lowest BCUT2D eigenvalue weighted by Gasteiger charge is -2.11. The summed E-state index contributed by atoms with van der Waals surface area (Å²) in [5.41, 5.74) is 2.96. The molecule has 0 saturated heterocycles. The third kappa shape index (κ3) is 4.29. The van der Waals surface area contributed by atoms with Gasteiger partial charge in [0.05, 0.1) is 17.8 Å². The van der Waals surface area contributed by atoms with Crippen LogP contribution in [0.4, 0.5) is 11.4 Å². The monoisotopic (exact) mass is 335 g/mol. The van der Waals surface area contributed by atoms with Crippen molar-refractivity contribution in [2.45, 2.75) is 13.3 Å². The number of nitrogens with one attached hydrogen (secondary N) is 2. The maximum absolute atomic E-state index is 12.3. The van der Waals surface area contributed by atoms with Crippen LogP contribution in [0.3, 0.4) is 0 Å². The van der Waals surface area contributed by atoms with Crippen LogP contribution in [0.1, 0.15) is 12.5 Å². The molecular formula is C18H17N5O2. The maximum atomic E-state index is 12.3. The molecule has 0 aliphatic heterocycles. The molecule has 3 rings (SSSR count). The second-order valence-electron chi connectivity index (χ2n) is 5.46. The summed E-state index contributed by atoms with van der Waals surface area (Å²) in [6.07, 6.45) is 3.24. The standard InChI is InChI=1S/C18H17N5O2/c1-13(24)21-15-8-6-14(7-9-15)10-18(25)22-16-4-2-3-5-17(16)23-12-19-11-20-23/h2-9,11-12H,10H2,1H3,(H,21,24)(H,22,25). The van der Waals surface area contributed by atoms with Gasteiger partial charge in [0.25, 0.3) is 0 Å². The van der Waals surface area contributed by atoms with Crippen molar-refractivity contribution in [3.63, 3.8) is 0 Å². The number of nitrogens with zero attached hydrogens (tertiary/aromatic N) is 3. The molecule has 0 atom stereocenters. The fourth-order valence-electron chi connectivity index (χ4n) is 2.40. The van der Waals surface area contributed by atoms with Crippen molar-refractivity contribution in [1.29, 1.82) is 0 Å². The number of carbonyl (C=O) groups is 2. The molecule has 2 aromatic carbocycles. The van der Waals surface area contributed by atoms with E-state index in [2.05, 4.69) is 20.7 Å². The van der Waals surface area contributed by atoms with Gasteiger partial charge in [-0.25, -0.2) is 9.67 Å². The molecule has 0 spiro atoms. The highest BCUT2D eigenvalue weighted by molar-refractivity contribution is 5.94. The minimum Gasteiger partial charge on any atom is -0.326 e. The van der Waals surface area contributed by atoms with Crippen LogP contribution in [0.2, 0.25) is 0 Å². The lowest BCUT2D eigenvalue weighted by Crippen LogP contribution is -2.16.